The van der Waals surface area contributed by atoms with Gasteiger partial charge in [0.05, 0.1) is 5.25 Å². The Morgan fingerprint density at radius 2 is 2.08 bits per heavy atom. The van der Waals surface area contributed by atoms with Gasteiger partial charge in [0.25, 0.3) is 0 Å². The lowest BCUT2D eigenvalue weighted by atomic mass is 10.2. The zero-order valence-corrected chi connectivity index (χ0v) is 9.98. The lowest BCUT2D eigenvalue weighted by molar-refractivity contribution is 1.05. The molecule has 0 aromatic carbocycles. The Hall–Kier alpha value is 0.140. The van der Waals surface area contributed by atoms with Crippen LogP contribution in [-0.2, 0) is 0 Å². The highest BCUT2D eigenvalue weighted by Gasteiger charge is 2.38. The van der Waals surface area contributed by atoms with Gasteiger partial charge in [0.1, 0.15) is 0 Å². The summed E-state index contributed by atoms with van der Waals surface area (Å²) in [5, 5.41) is 1.46. The largest absolute Gasteiger partial charge is 0.143 e. The Kier molecular flexibility index (Phi) is 1.83. The van der Waals surface area contributed by atoms with E-state index in [0.29, 0.717) is 0 Å². The molecular formula is C10H10S3. The van der Waals surface area contributed by atoms with E-state index in [2.05, 4.69) is 26.0 Å². The number of thioether (sulfide) groups is 2. The van der Waals surface area contributed by atoms with E-state index in [1.807, 2.05) is 34.9 Å². The van der Waals surface area contributed by atoms with E-state index in [-0.39, 0.29) is 0 Å². The Balaban J connectivity index is 2.03. The van der Waals surface area contributed by atoms with Crippen molar-refractivity contribution in [2.75, 3.05) is 0 Å². The van der Waals surface area contributed by atoms with Gasteiger partial charge in [-0.2, -0.15) is 0 Å². The Morgan fingerprint density at radius 1 is 1.23 bits per heavy atom. The number of hydrogen-bond acceptors (Lipinski definition) is 3. The van der Waals surface area contributed by atoms with Crippen LogP contribution in [0, 0.1) is 6.92 Å². The van der Waals surface area contributed by atoms with Crippen molar-refractivity contribution in [1.29, 1.82) is 0 Å². The van der Waals surface area contributed by atoms with Crippen LogP contribution in [0.2, 0.25) is 0 Å². The quantitative estimate of drug-likeness (QED) is 0.649. The molecule has 0 amide bonds. The van der Waals surface area contributed by atoms with Crippen LogP contribution in [0.5, 0.6) is 0 Å². The number of hydrogen-bond donors (Lipinski definition) is 0. The lowest BCUT2D eigenvalue weighted by Crippen LogP contribution is -1.95. The summed E-state index contributed by atoms with van der Waals surface area (Å²) in [6, 6.07) is 2.34. The maximum atomic E-state index is 2.42. The van der Waals surface area contributed by atoms with Crippen molar-refractivity contribution >= 4 is 34.9 Å². The van der Waals surface area contributed by atoms with Crippen LogP contribution >= 0.6 is 34.9 Å². The molecule has 3 rings (SSSR count). The molecule has 0 saturated carbocycles. The summed E-state index contributed by atoms with van der Waals surface area (Å²) in [4.78, 5) is 6.11. The van der Waals surface area contributed by atoms with Crippen LogP contribution in [0.25, 0.3) is 0 Å². The fraction of sp³-hybridized carbons (Fsp3) is 0.400. The molecule has 68 valence electrons. The van der Waals surface area contributed by atoms with Crippen LogP contribution < -0.4 is 0 Å². The zero-order chi connectivity index (χ0) is 9.00. The molecule has 3 heteroatoms. The predicted molar refractivity (Wildman–Crippen MR) is 62.8 cm³/mol. The third-order valence-electron chi connectivity index (χ3n) is 2.38. The van der Waals surface area contributed by atoms with Crippen LogP contribution in [0.1, 0.15) is 21.9 Å². The second-order valence-corrected chi connectivity index (χ2v) is 7.38. The normalized spacial score (nSPS) is 30.2. The van der Waals surface area contributed by atoms with Gasteiger partial charge in [0.2, 0.25) is 0 Å². The topological polar surface area (TPSA) is 0 Å². The fourth-order valence-corrected chi connectivity index (χ4v) is 6.41. The smallest absolute Gasteiger partial charge is 0.0603 e. The molecule has 1 aromatic heterocycles. The molecule has 0 fully saturated rings. The number of rotatable bonds is 0. The molecule has 2 aliphatic heterocycles. The Labute approximate surface area is 90.8 Å². The van der Waals surface area contributed by atoms with E-state index in [4.69, 9.17) is 0 Å². The van der Waals surface area contributed by atoms with Crippen molar-refractivity contribution in [2.24, 2.45) is 0 Å². The van der Waals surface area contributed by atoms with Gasteiger partial charge in [-0.15, -0.1) is 34.9 Å². The van der Waals surface area contributed by atoms with Crippen molar-refractivity contribution in [1.82, 2.24) is 0 Å². The maximum absolute atomic E-state index is 2.42. The molecule has 1 aromatic rings. The number of aryl methyl sites for hydroxylation is 1. The summed E-state index contributed by atoms with van der Waals surface area (Å²) in [6.07, 6.45) is 2.42. The molecule has 0 saturated heterocycles. The van der Waals surface area contributed by atoms with Gasteiger partial charge in [0.15, 0.2) is 0 Å². The second-order valence-electron chi connectivity index (χ2n) is 3.48. The highest BCUT2D eigenvalue weighted by Crippen LogP contribution is 2.59. The molecule has 2 atom stereocenters. The number of allylic oxidation sites excluding steroid dienone is 1. The number of fused-ring (bicyclic) bond motifs is 3. The van der Waals surface area contributed by atoms with Gasteiger partial charge in [-0.1, -0.05) is 6.08 Å². The molecule has 0 nitrogen and oxygen atoms in total. The van der Waals surface area contributed by atoms with Crippen LogP contribution in [-0.4, -0.2) is 5.25 Å². The monoisotopic (exact) mass is 226 g/mol. The highest BCUT2D eigenvalue weighted by molar-refractivity contribution is 8.07. The van der Waals surface area contributed by atoms with Crippen LogP contribution in [0.15, 0.2) is 21.9 Å². The van der Waals surface area contributed by atoms with E-state index in [9.17, 15) is 0 Å². The highest BCUT2D eigenvalue weighted by atomic mass is 32.2. The summed E-state index contributed by atoms with van der Waals surface area (Å²) in [7, 11) is 0. The summed E-state index contributed by atoms with van der Waals surface area (Å²) in [5.74, 6) is 0. The van der Waals surface area contributed by atoms with E-state index >= 15 is 0 Å². The van der Waals surface area contributed by atoms with E-state index in [1.165, 1.54) is 14.7 Å². The van der Waals surface area contributed by atoms with Crippen LogP contribution in [0.3, 0.4) is 0 Å². The Bertz CT molecular complexity index is 389. The molecule has 3 heterocycles. The molecule has 2 unspecified atom stereocenters. The SMILES string of the molecule is CC1=CC2Sc3cc(C)sc3C2S1. The summed E-state index contributed by atoms with van der Waals surface area (Å²) >= 11 is 6.07. The van der Waals surface area contributed by atoms with E-state index in [0.717, 1.165) is 10.5 Å². The minimum absolute atomic E-state index is 0.729. The van der Waals surface area contributed by atoms with Crippen molar-refractivity contribution < 1.29 is 0 Å². The minimum Gasteiger partial charge on any atom is -0.143 e. The molecule has 2 aliphatic rings. The first-order valence-corrected chi connectivity index (χ1v) is 6.94. The Morgan fingerprint density at radius 3 is 2.92 bits per heavy atom. The van der Waals surface area contributed by atoms with Crippen molar-refractivity contribution in [2.45, 2.75) is 29.2 Å². The molecule has 13 heavy (non-hydrogen) atoms. The first kappa shape index (κ1) is 8.45. The van der Waals surface area contributed by atoms with Gasteiger partial charge in [-0.25, -0.2) is 0 Å². The van der Waals surface area contributed by atoms with Gasteiger partial charge in [-0.3, -0.25) is 0 Å². The van der Waals surface area contributed by atoms with Gasteiger partial charge < -0.3 is 0 Å². The number of thiophene rings is 1. The zero-order valence-electron chi connectivity index (χ0n) is 7.53. The molecule has 0 aliphatic carbocycles. The van der Waals surface area contributed by atoms with Crippen molar-refractivity contribution in [3.05, 3.63) is 26.8 Å². The van der Waals surface area contributed by atoms with Crippen LogP contribution in [0.4, 0.5) is 0 Å². The average molecular weight is 226 g/mol. The summed E-state index contributed by atoms with van der Waals surface area (Å²) in [5.41, 5.74) is 0. The summed E-state index contributed by atoms with van der Waals surface area (Å²) in [6.45, 7) is 4.43. The van der Waals surface area contributed by atoms with Gasteiger partial charge in [-0.05, 0) is 24.8 Å². The standard InChI is InChI=1S/C10H10S3/c1-5-3-7-9(11-5)10-8(13-7)4-6(2)12-10/h3-4,7,9H,1-2H3. The molecular weight excluding hydrogens is 216 g/mol. The fourth-order valence-electron chi connectivity index (χ4n) is 1.87. The third kappa shape index (κ3) is 1.21. The summed E-state index contributed by atoms with van der Waals surface area (Å²) < 4.78 is 0. The van der Waals surface area contributed by atoms with E-state index in [1.54, 1.807) is 4.88 Å². The van der Waals surface area contributed by atoms with E-state index < -0.39 is 0 Å². The predicted octanol–water partition coefficient (Wildman–Crippen LogP) is 4.22. The first-order valence-electron chi connectivity index (χ1n) is 4.36. The maximum Gasteiger partial charge on any atom is 0.0603 e. The molecule has 0 spiro atoms. The molecule has 0 radical (unpaired) electrons. The minimum atomic E-state index is 0.729. The lowest BCUT2D eigenvalue weighted by Gasteiger charge is -2.06. The van der Waals surface area contributed by atoms with Crippen molar-refractivity contribution in [3.8, 4) is 0 Å². The third-order valence-corrected chi connectivity index (χ3v) is 6.53. The molecule has 0 N–H and O–H groups in total. The first-order chi connectivity index (χ1) is 6.24. The second kappa shape index (κ2) is 2.81. The average Bonchev–Trinajstić information content (AvgIpc) is 2.60. The van der Waals surface area contributed by atoms with Gasteiger partial charge >= 0.3 is 0 Å². The molecule has 0 bridgehead atoms. The van der Waals surface area contributed by atoms with Crippen molar-refractivity contribution in [3.63, 3.8) is 0 Å². The van der Waals surface area contributed by atoms with Gasteiger partial charge in [0, 0.05) is 19.9 Å².